The van der Waals surface area contributed by atoms with E-state index in [4.69, 9.17) is 9.47 Å². The molecule has 180 valence electrons. The maximum Gasteiger partial charge on any atom is 0.233 e. The lowest BCUT2D eigenvalue weighted by atomic mass is 10.00. The summed E-state index contributed by atoms with van der Waals surface area (Å²) in [5.41, 5.74) is 2.58. The normalized spacial score (nSPS) is 14.1. The Kier molecular flexibility index (Phi) is 7.77. The molecule has 3 aromatic rings. The van der Waals surface area contributed by atoms with Gasteiger partial charge >= 0.3 is 0 Å². The summed E-state index contributed by atoms with van der Waals surface area (Å²) in [6.07, 6.45) is 0.615. The monoisotopic (exact) mass is 480 g/mol. The van der Waals surface area contributed by atoms with Crippen LogP contribution in [0.25, 0.3) is 0 Å². The highest BCUT2D eigenvalue weighted by Gasteiger charge is 2.24. The number of hydrogen-bond donors (Lipinski definition) is 0. The van der Waals surface area contributed by atoms with Gasteiger partial charge in [-0.1, -0.05) is 49.9 Å². The highest BCUT2D eigenvalue weighted by atomic mass is 32.2. The van der Waals surface area contributed by atoms with Crippen LogP contribution in [0.4, 0.5) is 0 Å². The lowest BCUT2D eigenvalue weighted by Gasteiger charge is -2.28. The smallest absolute Gasteiger partial charge is 0.233 e. The van der Waals surface area contributed by atoms with Crippen LogP contribution >= 0.6 is 11.8 Å². The number of thioether (sulfide) groups is 1. The average Bonchev–Trinajstić information content (AvgIpc) is 3.24. The second-order valence-corrected chi connectivity index (χ2v) is 9.85. The van der Waals surface area contributed by atoms with Gasteiger partial charge in [0.1, 0.15) is 11.5 Å². The van der Waals surface area contributed by atoms with E-state index < -0.39 is 0 Å². The van der Waals surface area contributed by atoms with Gasteiger partial charge in [0.05, 0.1) is 12.9 Å². The standard InChI is InChI=1S/C26H32N4O3S/c1-18(2)15-30-25(19(3)33-23-11-9-22(32-4)10-12-23)27-28-26(30)34-17-24(31)29-14-13-20-7-5-6-8-21(20)16-29/h5-12,18-19H,13-17H2,1-4H3. The van der Waals surface area contributed by atoms with Gasteiger partial charge < -0.3 is 18.9 Å². The molecule has 1 aromatic heterocycles. The molecule has 0 radical (unpaired) electrons. The van der Waals surface area contributed by atoms with Gasteiger partial charge in [-0.2, -0.15) is 0 Å². The Morgan fingerprint density at radius 3 is 2.44 bits per heavy atom. The van der Waals surface area contributed by atoms with E-state index in [0.29, 0.717) is 18.2 Å². The third-order valence-corrected chi connectivity index (χ3v) is 6.79. The SMILES string of the molecule is COc1ccc(OC(C)c2nnc(SCC(=O)N3CCc4ccccc4C3)n2CC(C)C)cc1. The fourth-order valence-corrected chi connectivity index (χ4v) is 4.94. The summed E-state index contributed by atoms with van der Waals surface area (Å²) in [7, 11) is 1.64. The molecule has 0 saturated heterocycles. The molecular formula is C26H32N4O3S. The van der Waals surface area contributed by atoms with E-state index in [1.54, 1.807) is 7.11 Å². The number of carbonyl (C=O) groups is 1. The third-order valence-electron chi connectivity index (χ3n) is 5.84. The van der Waals surface area contributed by atoms with Gasteiger partial charge in [0.15, 0.2) is 17.1 Å². The van der Waals surface area contributed by atoms with Crippen LogP contribution in [0.15, 0.2) is 53.7 Å². The van der Waals surface area contributed by atoms with Crippen molar-refractivity contribution in [2.75, 3.05) is 19.4 Å². The molecule has 0 aliphatic carbocycles. The van der Waals surface area contributed by atoms with Gasteiger partial charge in [0.2, 0.25) is 5.91 Å². The molecule has 1 unspecified atom stereocenters. The maximum atomic E-state index is 13.0. The van der Waals surface area contributed by atoms with Crippen LogP contribution in [0.3, 0.4) is 0 Å². The number of benzene rings is 2. The molecule has 1 aliphatic rings. The summed E-state index contributed by atoms with van der Waals surface area (Å²) >= 11 is 1.45. The second-order valence-electron chi connectivity index (χ2n) is 8.90. The van der Waals surface area contributed by atoms with E-state index in [0.717, 1.165) is 42.0 Å². The summed E-state index contributed by atoms with van der Waals surface area (Å²) in [5, 5.41) is 9.60. The number of hydrogen-bond acceptors (Lipinski definition) is 6. The number of rotatable bonds is 9. The number of nitrogens with zero attached hydrogens (tertiary/aromatic N) is 4. The Bertz CT molecular complexity index is 1110. The first kappa shape index (κ1) is 24.1. The number of ether oxygens (including phenoxy) is 2. The molecule has 0 fully saturated rings. The molecule has 4 rings (SSSR count). The fraction of sp³-hybridized carbons (Fsp3) is 0.423. The number of aromatic nitrogens is 3. The van der Waals surface area contributed by atoms with Crippen molar-refractivity contribution < 1.29 is 14.3 Å². The zero-order valence-electron chi connectivity index (χ0n) is 20.2. The Hall–Kier alpha value is -3.00. The molecule has 0 saturated carbocycles. The summed E-state index contributed by atoms with van der Waals surface area (Å²) in [6, 6.07) is 15.8. The Balaban J connectivity index is 1.43. The Labute approximate surface area is 205 Å². The Morgan fingerprint density at radius 1 is 1.03 bits per heavy atom. The maximum absolute atomic E-state index is 13.0. The van der Waals surface area contributed by atoms with Crippen LogP contribution in [0.1, 0.15) is 43.8 Å². The van der Waals surface area contributed by atoms with Crippen molar-refractivity contribution in [2.24, 2.45) is 5.92 Å². The second kappa shape index (κ2) is 11.0. The van der Waals surface area contributed by atoms with Gasteiger partial charge in [-0.3, -0.25) is 4.79 Å². The molecule has 1 atom stereocenters. The minimum Gasteiger partial charge on any atom is -0.497 e. The molecule has 1 amide bonds. The molecule has 0 bridgehead atoms. The predicted octanol–water partition coefficient (Wildman–Crippen LogP) is 4.76. The van der Waals surface area contributed by atoms with Gasteiger partial charge in [0.25, 0.3) is 0 Å². The zero-order chi connectivity index (χ0) is 24.1. The first-order chi connectivity index (χ1) is 16.4. The van der Waals surface area contributed by atoms with Crippen molar-refractivity contribution in [1.29, 1.82) is 0 Å². The largest absolute Gasteiger partial charge is 0.497 e. The van der Waals surface area contributed by atoms with Crippen molar-refractivity contribution >= 4 is 17.7 Å². The highest BCUT2D eigenvalue weighted by Crippen LogP contribution is 2.27. The van der Waals surface area contributed by atoms with E-state index in [1.165, 1.54) is 22.9 Å². The van der Waals surface area contributed by atoms with Gasteiger partial charge in [-0.25, -0.2) is 0 Å². The average molecular weight is 481 g/mol. The van der Waals surface area contributed by atoms with Crippen LogP contribution in [-0.2, 0) is 24.3 Å². The van der Waals surface area contributed by atoms with Crippen LogP contribution in [0, 0.1) is 5.92 Å². The van der Waals surface area contributed by atoms with E-state index in [9.17, 15) is 4.79 Å². The minimum absolute atomic E-state index is 0.127. The van der Waals surface area contributed by atoms with Crippen molar-refractivity contribution in [1.82, 2.24) is 19.7 Å². The third kappa shape index (κ3) is 5.73. The van der Waals surface area contributed by atoms with Gasteiger partial charge in [-0.05, 0) is 54.7 Å². The summed E-state index contributed by atoms with van der Waals surface area (Å²) in [6.45, 7) is 8.47. The molecule has 7 nitrogen and oxygen atoms in total. The lowest BCUT2D eigenvalue weighted by Crippen LogP contribution is -2.37. The molecule has 34 heavy (non-hydrogen) atoms. The lowest BCUT2D eigenvalue weighted by molar-refractivity contribution is -0.129. The minimum atomic E-state index is -0.289. The summed E-state index contributed by atoms with van der Waals surface area (Å²) in [4.78, 5) is 14.9. The molecule has 1 aliphatic heterocycles. The molecule has 8 heteroatoms. The van der Waals surface area contributed by atoms with Gasteiger partial charge in [0, 0.05) is 19.6 Å². The first-order valence-corrected chi connectivity index (χ1v) is 12.6. The fourth-order valence-electron chi connectivity index (χ4n) is 4.08. The number of methoxy groups -OCH3 is 1. The highest BCUT2D eigenvalue weighted by molar-refractivity contribution is 7.99. The number of amides is 1. The van der Waals surface area contributed by atoms with E-state index in [-0.39, 0.29) is 12.0 Å². The quantitative estimate of drug-likeness (QED) is 0.411. The van der Waals surface area contributed by atoms with E-state index in [1.807, 2.05) is 42.2 Å². The van der Waals surface area contributed by atoms with Crippen LogP contribution in [-0.4, -0.2) is 45.0 Å². The number of carbonyl (C=O) groups excluding carboxylic acids is 1. The molecule has 0 spiro atoms. The van der Waals surface area contributed by atoms with Gasteiger partial charge in [-0.15, -0.1) is 10.2 Å². The van der Waals surface area contributed by atoms with Crippen molar-refractivity contribution in [2.45, 2.75) is 51.5 Å². The summed E-state index contributed by atoms with van der Waals surface area (Å²) < 4.78 is 13.4. The van der Waals surface area contributed by atoms with E-state index >= 15 is 0 Å². The molecule has 0 N–H and O–H groups in total. The van der Waals surface area contributed by atoms with Crippen molar-refractivity contribution in [3.8, 4) is 11.5 Å². The van der Waals surface area contributed by atoms with Crippen molar-refractivity contribution in [3.63, 3.8) is 0 Å². The molecular weight excluding hydrogens is 448 g/mol. The zero-order valence-corrected chi connectivity index (χ0v) is 21.0. The Morgan fingerprint density at radius 2 is 1.74 bits per heavy atom. The molecule has 2 aromatic carbocycles. The van der Waals surface area contributed by atoms with Crippen LogP contribution in [0.5, 0.6) is 11.5 Å². The topological polar surface area (TPSA) is 69.5 Å². The summed E-state index contributed by atoms with van der Waals surface area (Å²) in [5.74, 6) is 3.14. The molecule has 2 heterocycles. The number of fused-ring (bicyclic) bond motifs is 1. The first-order valence-electron chi connectivity index (χ1n) is 11.7. The van der Waals surface area contributed by atoms with Crippen LogP contribution in [0.2, 0.25) is 0 Å². The predicted molar refractivity (Wildman–Crippen MR) is 133 cm³/mol. The van der Waals surface area contributed by atoms with Crippen LogP contribution < -0.4 is 9.47 Å². The van der Waals surface area contributed by atoms with Crippen molar-refractivity contribution in [3.05, 3.63) is 65.5 Å². The van der Waals surface area contributed by atoms with E-state index in [2.05, 4.69) is 46.8 Å².